The van der Waals surface area contributed by atoms with Crippen LogP contribution in [-0.2, 0) is 4.74 Å². The van der Waals surface area contributed by atoms with Crippen LogP contribution in [0.4, 0.5) is 0 Å². The molecule has 2 unspecified atom stereocenters. The van der Waals surface area contributed by atoms with Crippen LogP contribution in [0.3, 0.4) is 0 Å². The van der Waals surface area contributed by atoms with Crippen molar-refractivity contribution in [1.29, 1.82) is 0 Å². The molecule has 3 heteroatoms. The fraction of sp³-hybridized carbons (Fsp3) is 0.667. The van der Waals surface area contributed by atoms with Crippen LogP contribution in [0.5, 0.6) is 0 Å². The smallest absolute Gasteiger partial charge is 0.0678 e. The Morgan fingerprint density at radius 2 is 1.81 bits per heavy atom. The minimum atomic E-state index is 0.318. The molecule has 1 aromatic rings. The van der Waals surface area contributed by atoms with Gasteiger partial charge in [-0.05, 0) is 39.3 Å². The highest BCUT2D eigenvalue weighted by Gasteiger charge is 2.30. The molecule has 0 aliphatic carbocycles. The summed E-state index contributed by atoms with van der Waals surface area (Å²) in [6.07, 6.45) is 1.80. The van der Waals surface area contributed by atoms with Crippen molar-refractivity contribution in [3.8, 4) is 0 Å². The Bertz CT molecular complexity index is 399. The zero-order valence-electron chi connectivity index (χ0n) is 13.9. The summed E-state index contributed by atoms with van der Waals surface area (Å²) in [5.74, 6) is 0. The van der Waals surface area contributed by atoms with Crippen LogP contribution in [0, 0.1) is 0 Å². The maximum absolute atomic E-state index is 5.87. The van der Waals surface area contributed by atoms with Crippen LogP contribution in [0.25, 0.3) is 0 Å². The fourth-order valence-corrected chi connectivity index (χ4v) is 3.29. The minimum absolute atomic E-state index is 0.318. The van der Waals surface area contributed by atoms with E-state index in [1.165, 1.54) is 5.56 Å². The maximum Gasteiger partial charge on any atom is 0.0678 e. The predicted molar refractivity (Wildman–Crippen MR) is 88.5 cm³/mol. The number of nitrogens with one attached hydrogen (secondary N) is 1. The molecular weight excluding hydrogens is 260 g/mol. The van der Waals surface area contributed by atoms with Gasteiger partial charge in [-0.2, -0.15) is 0 Å². The second-order valence-corrected chi connectivity index (χ2v) is 6.29. The SMILES string of the molecule is CCCNC(c1ccccc1)C(C)N1C[C@@H](C)O[C@@H](C)C1. The predicted octanol–water partition coefficient (Wildman–Crippen LogP) is 3.23. The van der Waals surface area contributed by atoms with Crippen molar-refractivity contribution < 1.29 is 4.74 Å². The Morgan fingerprint density at radius 3 is 2.38 bits per heavy atom. The van der Waals surface area contributed by atoms with Crippen LogP contribution in [0.1, 0.15) is 45.7 Å². The monoisotopic (exact) mass is 290 g/mol. The molecule has 0 aromatic heterocycles. The Hall–Kier alpha value is -0.900. The quantitative estimate of drug-likeness (QED) is 0.870. The Kier molecular flexibility index (Phi) is 6.22. The van der Waals surface area contributed by atoms with E-state index < -0.39 is 0 Å². The van der Waals surface area contributed by atoms with Gasteiger partial charge < -0.3 is 10.1 Å². The van der Waals surface area contributed by atoms with Crippen molar-refractivity contribution in [3.05, 3.63) is 35.9 Å². The molecule has 0 saturated carbocycles. The molecule has 21 heavy (non-hydrogen) atoms. The first-order valence-corrected chi connectivity index (χ1v) is 8.29. The number of hydrogen-bond acceptors (Lipinski definition) is 3. The fourth-order valence-electron chi connectivity index (χ4n) is 3.29. The third-order valence-electron chi connectivity index (χ3n) is 4.28. The lowest BCUT2D eigenvalue weighted by Gasteiger charge is -2.42. The number of morpholine rings is 1. The highest BCUT2D eigenvalue weighted by Crippen LogP contribution is 2.24. The van der Waals surface area contributed by atoms with E-state index in [4.69, 9.17) is 4.74 Å². The Balaban J connectivity index is 2.11. The largest absolute Gasteiger partial charge is 0.373 e. The van der Waals surface area contributed by atoms with Crippen LogP contribution in [0.15, 0.2) is 30.3 Å². The zero-order chi connectivity index (χ0) is 15.2. The normalized spacial score (nSPS) is 26.5. The maximum atomic E-state index is 5.87. The molecule has 1 aliphatic heterocycles. The molecule has 1 aromatic carbocycles. The van der Waals surface area contributed by atoms with Crippen molar-refractivity contribution in [1.82, 2.24) is 10.2 Å². The number of nitrogens with zero attached hydrogens (tertiary/aromatic N) is 1. The van der Waals surface area contributed by atoms with E-state index >= 15 is 0 Å². The summed E-state index contributed by atoms with van der Waals surface area (Å²) < 4.78 is 5.87. The van der Waals surface area contributed by atoms with Crippen molar-refractivity contribution in [2.45, 2.75) is 58.4 Å². The first-order chi connectivity index (χ1) is 10.1. The van der Waals surface area contributed by atoms with Gasteiger partial charge in [0, 0.05) is 25.2 Å². The Labute approximate surface area is 129 Å². The Morgan fingerprint density at radius 1 is 1.19 bits per heavy atom. The molecule has 1 heterocycles. The molecule has 0 bridgehead atoms. The molecule has 1 fully saturated rings. The summed E-state index contributed by atoms with van der Waals surface area (Å²) >= 11 is 0. The van der Waals surface area contributed by atoms with Gasteiger partial charge in [-0.3, -0.25) is 4.90 Å². The molecular formula is C18H30N2O. The van der Waals surface area contributed by atoms with Crippen molar-refractivity contribution >= 4 is 0 Å². The number of hydrogen-bond donors (Lipinski definition) is 1. The topological polar surface area (TPSA) is 24.5 Å². The number of rotatable bonds is 6. The van der Waals surface area contributed by atoms with Gasteiger partial charge in [0.2, 0.25) is 0 Å². The van der Waals surface area contributed by atoms with E-state index in [0.29, 0.717) is 24.3 Å². The standard InChI is InChI=1S/C18H30N2O/c1-5-11-19-18(17-9-7-6-8-10-17)16(4)20-12-14(2)21-15(3)13-20/h6-10,14-16,18-19H,5,11-13H2,1-4H3/t14-,15+,16?,18?. The molecule has 1 N–H and O–H groups in total. The molecule has 1 saturated heterocycles. The van der Waals surface area contributed by atoms with Gasteiger partial charge in [0.1, 0.15) is 0 Å². The molecule has 4 atom stereocenters. The summed E-state index contributed by atoms with van der Waals surface area (Å²) in [5.41, 5.74) is 1.38. The van der Waals surface area contributed by atoms with Crippen molar-refractivity contribution in [2.24, 2.45) is 0 Å². The minimum Gasteiger partial charge on any atom is -0.373 e. The summed E-state index contributed by atoms with van der Waals surface area (Å²) in [4.78, 5) is 2.57. The van der Waals surface area contributed by atoms with Gasteiger partial charge in [-0.15, -0.1) is 0 Å². The van der Waals surface area contributed by atoms with Gasteiger partial charge in [-0.1, -0.05) is 37.3 Å². The average molecular weight is 290 g/mol. The van der Waals surface area contributed by atoms with Crippen LogP contribution < -0.4 is 5.32 Å². The van der Waals surface area contributed by atoms with Crippen LogP contribution >= 0.6 is 0 Å². The summed E-state index contributed by atoms with van der Waals surface area (Å²) in [5, 5.41) is 3.73. The second kappa shape index (κ2) is 7.92. The first-order valence-electron chi connectivity index (χ1n) is 8.29. The van der Waals surface area contributed by atoms with E-state index in [-0.39, 0.29) is 0 Å². The summed E-state index contributed by atoms with van der Waals surface area (Å²) in [6.45, 7) is 12.0. The molecule has 0 amide bonds. The van der Waals surface area contributed by atoms with Crippen molar-refractivity contribution in [2.75, 3.05) is 19.6 Å². The van der Waals surface area contributed by atoms with E-state index in [0.717, 1.165) is 26.1 Å². The first kappa shape index (κ1) is 16.5. The highest BCUT2D eigenvalue weighted by atomic mass is 16.5. The zero-order valence-corrected chi connectivity index (χ0v) is 13.9. The van der Waals surface area contributed by atoms with Crippen molar-refractivity contribution in [3.63, 3.8) is 0 Å². The molecule has 0 spiro atoms. The highest BCUT2D eigenvalue weighted by molar-refractivity contribution is 5.20. The van der Waals surface area contributed by atoms with E-state index in [1.54, 1.807) is 0 Å². The van der Waals surface area contributed by atoms with E-state index in [1.807, 2.05) is 0 Å². The van der Waals surface area contributed by atoms with E-state index in [9.17, 15) is 0 Å². The van der Waals surface area contributed by atoms with Gasteiger partial charge in [0.15, 0.2) is 0 Å². The van der Waals surface area contributed by atoms with Gasteiger partial charge in [-0.25, -0.2) is 0 Å². The molecule has 0 radical (unpaired) electrons. The molecule has 3 nitrogen and oxygen atoms in total. The lowest BCUT2D eigenvalue weighted by atomic mass is 9.98. The van der Waals surface area contributed by atoms with Crippen LogP contribution in [0.2, 0.25) is 0 Å². The van der Waals surface area contributed by atoms with E-state index in [2.05, 4.69) is 68.2 Å². The van der Waals surface area contributed by atoms with Gasteiger partial charge >= 0.3 is 0 Å². The van der Waals surface area contributed by atoms with Gasteiger partial charge in [0.05, 0.1) is 12.2 Å². The molecule has 2 rings (SSSR count). The molecule has 118 valence electrons. The molecule has 1 aliphatic rings. The lowest BCUT2D eigenvalue weighted by molar-refractivity contribution is -0.0822. The second-order valence-electron chi connectivity index (χ2n) is 6.29. The summed E-state index contributed by atoms with van der Waals surface area (Å²) in [6, 6.07) is 11.7. The van der Waals surface area contributed by atoms with Crippen LogP contribution in [-0.4, -0.2) is 42.8 Å². The summed E-state index contributed by atoms with van der Waals surface area (Å²) in [7, 11) is 0. The third-order valence-corrected chi connectivity index (χ3v) is 4.28. The lowest BCUT2D eigenvalue weighted by Crippen LogP contribution is -2.52. The third kappa shape index (κ3) is 4.53. The average Bonchev–Trinajstić information content (AvgIpc) is 2.47. The number of benzene rings is 1. The van der Waals surface area contributed by atoms with Gasteiger partial charge in [0.25, 0.3) is 0 Å². The number of ether oxygens (including phenoxy) is 1.